The van der Waals surface area contributed by atoms with Crippen molar-refractivity contribution in [3.63, 3.8) is 0 Å². The van der Waals surface area contributed by atoms with E-state index in [0.29, 0.717) is 55.0 Å². The smallest absolute Gasteiger partial charge is 0.167 e. The molecule has 3 aromatic carbocycles. The minimum absolute atomic E-state index is 0.0575. The monoisotopic (exact) mass is 485 g/mol. The number of aliphatic hydroxyl groups excluding tert-OH is 2. The first-order chi connectivity index (χ1) is 17.6. The first-order valence-electron chi connectivity index (χ1n) is 12.1. The molecule has 0 aliphatic heterocycles. The number of rotatable bonds is 11. The Morgan fingerprint density at radius 1 is 0.611 bits per heavy atom. The minimum atomic E-state index is 0.0575. The highest BCUT2D eigenvalue weighted by Crippen LogP contribution is 2.34. The number of aryl methyl sites for hydroxylation is 2. The summed E-state index contributed by atoms with van der Waals surface area (Å²) in [7, 11) is 0. The van der Waals surface area contributed by atoms with Gasteiger partial charge in [-0.15, -0.1) is 0 Å². The summed E-state index contributed by atoms with van der Waals surface area (Å²) in [6.45, 7) is 4.99. The number of aliphatic hydroxyl groups is 2. The van der Waals surface area contributed by atoms with E-state index in [1.807, 2.05) is 67.6 Å². The fraction of sp³-hybridized carbons (Fsp3) is 0.276. The van der Waals surface area contributed by atoms with Crippen LogP contribution in [0.1, 0.15) is 24.0 Å². The number of benzene rings is 3. The van der Waals surface area contributed by atoms with Crippen LogP contribution in [0.2, 0.25) is 0 Å². The summed E-state index contributed by atoms with van der Waals surface area (Å²) in [5.41, 5.74) is 4.63. The van der Waals surface area contributed by atoms with Gasteiger partial charge in [0.2, 0.25) is 0 Å². The largest absolute Gasteiger partial charge is 0.493 e. The van der Waals surface area contributed by atoms with E-state index in [4.69, 9.17) is 34.6 Å². The van der Waals surface area contributed by atoms with Crippen LogP contribution in [-0.4, -0.2) is 51.6 Å². The van der Waals surface area contributed by atoms with Gasteiger partial charge in [-0.25, -0.2) is 15.0 Å². The highest BCUT2D eigenvalue weighted by atomic mass is 16.5. The van der Waals surface area contributed by atoms with Gasteiger partial charge in [-0.1, -0.05) is 48.0 Å². The van der Waals surface area contributed by atoms with Crippen LogP contribution < -0.4 is 9.47 Å². The van der Waals surface area contributed by atoms with Crippen molar-refractivity contribution in [1.82, 2.24) is 15.0 Å². The van der Waals surface area contributed by atoms with Crippen molar-refractivity contribution in [3.05, 3.63) is 77.9 Å². The highest BCUT2D eigenvalue weighted by Gasteiger charge is 2.18. The molecule has 0 aliphatic carbocycles. The van der Waals surface area contributed by atoms with Gasteiger partial charge in [0.25, 0.3) is 0 Å². The molecule has 0 fully saturated rings. The summed E-state index contributed by atoms with van der Waals surface area (Å²) < 4.78 is 11.9. The molecule has 4 aromatic rings. The van der Waals surface area contributed by atoms with Crippen LogP contribution in [0, 0.1) is 13.8 Å². The molecule has 7 heteroatoms. The molecule has 1 aromatic heterocycles. The molecular weight excluding hydrogens is 454 g/mol. The summed E-state index contributed by atoms with van der Waals surface area (Å²) in [5.74, 6) is 2.81. The molecule has 0 spiro atoms. The van der Waals surface area contributed by atoms with Crippen molar-refractivity contribution in [2.45, 2.75) is 26.7 Å². The van der Waals surface area contributed by atoms with E-state index in [0.717, 1.165) is 27.8 Å². The topological polar surface area (TPSA) is 97.6 Å². The third-order valence-electron chi connectivity index (χ3n) is 5.63. The van der Waals surface area contributed by atoms with E-state index in [1.54, 1.807) is 0 Å². The lowest BCUT2D eigenvalue weighted by Crippen LogP contribution is -2.05. The van der Waals surface area contributed by atoms with Crippen LogP contribution in [0.25, 0.3) is 34.2 Å². The lowest BCUT2D eigenvalue weighted by atomic mass is 10.0. The van der Waals surface area contributed by atoms with Crippen LogP contribution in [0.15, 0.2) is 66.7 Å². The fourth-order valence-corrected chi connectivity index (χ4v) is 3.85. The third-order valence-corrected chi connectivity index (χ3v) is 5.63. The average molecular weight is 486 g/mol. The molecule has 0 saturated carbocycles. The summed E-state index contributed by atoms with van der Waals surface area (Å²) in [6.07, 6.45) is 1.06. The number of hydrogen-bond acceptors (Lipinski definition) is 7. The van der Waals surface area contributed by atoms with Crippen molar-refractivity contribution >= 4 is 0 Å². The van der Waals surface area contributed by atoms with Gasteiger partial charge in [-0.05, 0) is 43.7 Å². The maximum atomic E-state index is 9.17. The van der Waals surface area contributed by atoms with E-state index in [1.165, 1.54) is 0 Å². The molecule has 4 rings (SSSR count). The molecule has 7 nitrogen and oxygen atoms in total. The number of aromatic nitrogens is 3. The first-order valence-corrected chi connectivity index (χ1v) is 12.1. The van der Waals surface area contributed by atoms with E-state index in [-0.39, 0.29) is 13.2 Å². The molecule has 1 heterocycles. The molecular formula is C29H31N3O4. The van der Waals surface area contributed by atoms with E-state index >= 15 is 0 Å². The molecule has 0 unspecified atom stereocenters. The number of nitrogens with zero attached hydrogens (tertiary/aromatic N) is 3. The van der Waals surface area contributed by atoms with E-state index < -0.39 is 0 Å². The Balaban J connectivity index is 1.87. The number of hydrogen-bond donors (Lipinski definition) is 2. The molecule has 0 aliphatic rings. The highest BCUT2D eigenvalue weighted by molar-refractivity contribution is 5.72. The van der Waals surface area contributed by atoms with Crippen LogP contribution in [0.3, 0.4) is 0 Å². The van der Waals surface area contributed by atoms with Crippen molar-refractivity contribution in [1.29, 1.82) is 0 Å². The Hall–Kier alpha value is -3.81. The SMILES string of the molecule is Cc1ccc(-c2nc(-c3ccccc3OCCCO)nc(-c3ccccc3OCCCO)n2)c(C)c1. The predicted octanol–water partition coefficient (Wildman–Crippen LogP) is 5.01. The molecule has 36 heavy (non-hydrogen) atoms. The van der Waals surface area contributed by atoms with Gasteiger partial charge in [-0.2, -0.15) is 0 Å². The molecule has 2 N–H and O–H groups in total. The molecule has 0 amide bonds. The normalized spacial score (nSPS) is 10.9. The van der Waals surface area contributed by atoms with Gasteiger partial charge in [0.1, 0.15) is 11.5 Å². The molecule has 0 radical (unpaired) electrons. The molecule has 0 atom stereocenters. The Bertz CT molecular complexity index is 1240. The summed E-state index contributed by atoms with van der Waals surface area (Å²) >= 11 is 0. The van der Waals surface area contributed by atoms with Gasteiger partial charge in [-0.3, -0.25) is 0 Å². The Morgan fingerprint density at radius 3 is 1.56 bits per heavy atom. The van der Waals surface area contributed by atoms with E-state index in [2.05, 4.69) is 13.0 Å². The lowest BCUT2D eigenvalue weighted by molar-refractivity contribution is 0.233. The molecule has 0 bridgehead atoms. The standard InChI is InChI=1S/C29H31N3O4/c1-20-13-14-22(21(2)19-20)27-30-28(23-9-3-5-11-25(23)35-17-7-15-33)32-29(31-27)24-10-4-6-12-26(24)36-18-8-16-34/h3-6,9-14,19,33-34H,7-8,15-18H2,1-2H3. The Morgan fingerprint density at radius 2 is 1.08 bits per heavy atom. The van der Waals surface area contributed by atoms with Crippen molar-refractivity contribution in [2.75, 3.05) is 26.4 Å². The zero-order chi connectivity index (χ0) is 25.3. The Kier molecular flexibility index (Phi) is 8.60. The second-order valence-electron chi connectivity index (χ2n) is 8.47. The zero-order valence-electron chi connectivity index (χ0n) is 20.6. The maximum absolute atomic E-state index is 9.17. The second kappa shape index (κ2) is 12.2. The predicted molar refractivity (Wildman–Crippen MR) is 140 cm³/mol. The van der Waals surface area contributed by atoms with Crippen LogP contribution in [-0.2, 0) is 0 Å². The fourth-order valence-electron chi connectivity index (χ4n) is 3.85. The summed E-state index contributed by atoms with van der Waals surface area (Å²) in [4.78, 5) is 14.6. The number of ether oxygens (including phenoxy) is 2. The second-order valence-corrected chi connectivity index (χ2v) is 8.47. The zero-order valence-corrected chi connectivity index (χ0v) is 20.6. The summed E-state index contributed by atoms with van der Waals surface area (Å²) in [5, 5.41) is 18.3. The first kappa shape index (κ1) is 25.3. The number of para-hydroxylation sites is 2. The van der Waals surface area contributed by atoms with Crippen LogP contribution in [0.5, 0.6) is 11.5 Å². The van der Waals surface area contributed by atoms with Crippen LogP contribution >= 0.6 is 0 Å². The molecule has 0 saturated heterocycles. The van der Waals surface area contributed by atoms with Gasteiger partial charge in [0.05, 0.1) is 24.3 Å². The van der Waals surface area contributed by atoms with Gasteiger partial charge >= 0.3 is 0 Å². The third kappa shape index (κ3) is 6.05. The summed E-state index contributed by atoms with van der Waals surface area (Å²) in [6, 6.07) is 21.4. The quantitative estimate of drug-likeness (QED) is 0.288. The van der Waals surface area contributed by atoms with Crippen LogP contribution in [0.4, 0.5) is 0 Å². The maximum Gasteiger partial charge on any atom is 0.167 e. The average Bonchev–Trinajstić information content (AvgIpc) is 2.89. The van der Waals surface area contributed by atoms with Gasteiger partial charge in [0, 0.05) is 31.6 Å². The van der Waals surface area contributed by atoms with Crippen molar-refractivity contribution < 1.29 is 19.7 Å². The van der Waals surface area contributed by atoms with Gasteiger partial charge in [0.15, 0.2) is 17.5 Å². The van der Waals surface area contributed by atoms with Crippen molar-refractivity contribution in [3.8, 4) is 45.7 Å². The van der Waals surface area contributed by atoms with E-state index in [9.17, 15) is 0 Å². The van der Waals surface area contributed by atoms with Crippen molar-refractivity contribution in [2.24, 2.45) is 0 Å². The molecule has 186 valence electrons. The Labute approximate surface area is 211 Å². The van der Waals surface area contributed by atoms with Gasteiger partial charge < -0.3 is 19.7 Å². The lowest BCUT2D eigenvalue weighted by Gasteiger charge is -2.15. The minimum Gasteiger partial charge on any atom is -0.493 e.